The summed E-state index contributed by atoms with van der Waals surface area (Å²) >= 11 is 0. The highest BCUT2D eigenvalue weighted by atomic mass is 19.1. The molecule has 1 saturated carbocycles. The van der Waals surface area contributed by atoms with Crippen LogP contribution in [0.4, 0.5) is 4.39 Å². The van der Waals surface area contributed by atoms with Crippen molar-refractivity contribution in [2.75, 3.05) is 19.8 Å². The predicted molar refractivity (Wildman–Crippen MR) is 130 cm³/mol. The Morgan fingerprint density at radius 3 is 2.44 bits per heavy atom. The number of para-hydroxylation sites is 1. The van der Waals surface area contributed by atoms with Crippen LogP contribution in [0.1, 0.15) is 37.9 Å². The fraction of sp³-hybridized carbons (Fsp3) is 0.444. The number of ether oxygens (including phenoxy) is 2. The highest BCUT2D eigenvalue weighted by Crippen LogP contribution is 2.35. The van der Waals surface area contributed by atoms with E-state index in [-0.39, 0.29) is 5.82 Å². The number of halogens is 1. The van der Waals surface area contributed by atoms with Crippen LogP contribution in [0.5, 0.6) is 11.6 Å². The number of rotatable bonds is 12. The molecule has 0 saturated heterocycles. The van der Waals surface area contributed by atoms with Crippen molar-refractivity contribution in [3.8, 4) is 17.3 Å². The second-order valence-electron chi connectivity index (χ2n) is 9.42. The Bertz CT molecular complexity index is 1050. The van der Waals surface area contributed by atoms with E-state index in [9.17, 15) is 9.50 Å². The van der Waals surface area contributed by atoms with E-state index < -0.39 is 6.10 Å². The van der Waals surface area contributed by atoms with Crippen molar-refractivity contribution >= 4 is 0 Å². The van der Waals surface area contributed by atoms with Crippen LogP contribution in [0.25, 0.3) is 5.69 Å². The molecule has 1 N–H and O–H groups in total. The molecule has 34 heavy (non-hydrogen) atoms. The number of benzene rings is 2. The molecule has 6 nitrogen and oxygen atoms in total. The highest BCUT2D eigenvalue weighted by molar-refractivity contribution is 5.43. The van der Waals surface area contributed by atoms with Gasteiger partial charge in [0.15, 0.2) is 0 Å². The van der Waals surface area contributed by atoms with Gasteiger partial charge in [0.2, 0.25) is 5.88 Å². The molecule has 2 aromatic carbocycles. The van der Waals surface area contributed by atoms with Gasteiger partial charge in [-0.1, -0.05) is 32.0 Å². The Kier molecular flexibility index (Phi) is 7.98. The lowest BCUT2D eigenvalue weighted by molar-refractivity contribution is 0.00536. The highest BCUT2D eigenvalue weighted by Gasteiger charge is 2.32. The fourth-order valence-electron chi connectivity index (χ4n) is 3.93. The second kappa shape index (κ2) is 11.1. The van der Waals surface area contributed by atoms with E-state index in [0.717, 1.165) is 29.8 Å². The van der Waals surface area contributed by atoms with Crippen molar-refractivity contribution < 1.29 is 19.0 Å². The summed E-state index contributed by atoms with van der Waals surface area (Å²) in [5.41, 5.74) is 2.70. The molecule has 7 heteroatoms. The molecule has 1 heterocycles. The molecule has 182 valence electrons. The quantitative estimate of drug-likeness (QED) is 0.401. The maximum Gasteiger partial charge on any atom is 0.227 e. The number of hydrogen-bond donors (Lipinski definition) is 1. The maximum atomic E-state index is 13.5. The van der Waals surface area contributed by atoms with Crippen LogP contribution in [0.2, 0.25) is 0 Å². The van der Waals surface area contributed by atoms with Gasteiger partial charge in [-0.3, -0.25) is 4.90 Å². The number of aliphatic hydroxyl groups is 1. The van der Waals surface area contributed by atoms with Gasteiger partial charge >= 0.3 is 0 Å². The van der Waals surface area contributed by atoms with E-state index in [0.29, 0.717) is 49.9 Å². The van der Waals surface area contributed by atoms with E-state index in [2.05, 4.69) is 18.7 Å². The molecule has 0 spiro atoms. The van der Waals surface area contributed by atoms with Crippen molar-refractivity contribution in [1.82, 2.24) is 14.7 Å². The molecule has 0 amide bonds. The Morgan fingerprint density at radius 1 is 1.09 bits per heavy atom. The Labute approximate surface area is 200 Å². The van der Waals surface area contributed by atoms with Gasteiger partial charge in [0.1, 0.15) is 11.6 Å². The Balaban J connectivity index is 1.59. The van der Waals surface area contributed by atoms with Crippen LogP contribution in [0.3, 0.4) is 0 Å². The van der Waals surface area contributed by atoms with Crippen molar-refractivity contribution in [3.05, 3.63) is 71.7 Å². The SMILES string of the molecule is Cc1nn(-c2ccccc2)c(Oc2ccc(F)cc2)c1CN(CC(O)COCC(C)C)C1CC1. The fourth-order valence-corrected chi connectivity index (χ4v) is 3.93. The number of aliphatic hydroxyl groups excluding tert-OH is 1. The smallest absolute Gasteiger partial charge is 0.227 e. The maximum absolute atomic E-state index is 13.5. The lowest BCUT2D eigenvalue weighted by Gasteiger charge is -2.25. The summed E-state index contributed by atoms with van der Waals surface area (Å²) < 4.78 is 27.2. The summed E-state index contributed by atoms with van der Waals surface area (Å²) in [6.07, 6.45) is 1.66. The standard InChI is InChI=1S/C27H34FN3O3/c1-19(2)17-33-18-24(32)15-30(22-11-12-22)16-26-20(3)29-31(23-7-5-4-6-8-23)27(26)34-25-13-9-21(28)10-14-25/h4-10,13-14,19,22,24,32H,11-12,15-18H2,1-3H3. The minimum absolute atomic E-state index is 0.311. The molecule has 3 aromatic rings. The third-order valence-electron chi connectivity index (χ3n) is 5.80. The molecular formula is C27H34FN3O3. The monoisotopic (exact) mass is 467 g/mol. The van der Waals surface area contributed by atoms with E-state index in [4.69, 9.17) is 14.6 Å². The minimum Gasteiger partial charge on any atom is -0.439 e. The van der Waals surface area contributed by atoms with Gasteiger partial charge in [-0.05, 0) is 62.1 Å². The number of aryl methyl sites for hydroxylation is 1. The van der Waals surface area contributed by atoms with Crippen LogP contribution in [0.15, 0.2) is 54.6 Å². The van der Waals surface area contributed by atoms with Gasteiger partial charge < -0.3 is 14.6 Å². The first kappa shape index (κ1) is 24.4. The molecule has 1 aliphatic rings. The number of nitrogens with zero attached hydrogens (tertiary/aromatic N) is 3. The van der Waals surface area contributed by atoms with Crippen LogP contribution < -0.4 is 4.74 Å². The topological polar surface area (TPSA) is 59.8 Å². The largest absolute Gasteiger partial charge is 0.439 e. The third-order valence-corrected chi connectivity index (χ3v) is 5.80. The molecule has 0 bridgehead atoms. The van der Waals surface area contributed by atoms with Gasteiger partial charge in [-0.25, -0.2) is 9.07 Å². The van der Waals surface area contributed by atoms with E-state index in [1.54, 1.807) is 16.8 Å². The first-order valence-corrected chi connectivity index (χ1v) is 12.0. The zero-order valence-electron chi connectivity index (χ0n) is 20.2. The van der Waals surface area contributed by atoms with E-state index >= 15 is 0 Å². The summed E-state index contributed by atoms with van der Waals surface area (Å²) in [5.74, 6) is 1.27. The number of hydrogen-bond acceptors (Lipinski definition) is 5. The Morgan fingerprint density at radius 2 is 1.79 bits per heavy atom. The first-order valence-electron chi connectivity index (χ1n) is 12.0. The lowest BCUT2D eigenvalue weighted by Crippen LogP contribution is -2.36. The van der Waals surface area contributed by atoms with Crippen LogP contribution in [-0.4, -0.2) is 51.7 Å². The zero-order valence-corrected chi connectivity index (χ0v) is 20.2. The predicted octanol–water partition coefficient (Wildman–Crippen LogP) is 5.11. The normalized spacial score (nSPS) is 14.7. The Hall–Kier alpha value is -2.74. The van der Waals surface area contributed by atoms with Crippen LogP contribution in [0, 0.1) is 18.7 Å². The lowest BCUT2D eigenvalue weighted by atomic mass is 10.2. The molecular weight excluding hydrogens is 433 g/mol. The summed E-state index contributed by atoms with van der Waals surface area (Å²) in [4.78, 5) is 2.29. The molecule has 1 atom stereocenters. The van der Waals surface area contributed by atoms with Crippen molar-refractivity contribution in [2.45, 2.75) is 52.3 Å². The second-order valence-corrected chi connectivity index (χ2v) is 9.42. The minimum atomic E-state index is -0.565. The molecule has 0 aliphatic heterocycles. The van der Waals surface area contributed by atoms with Gasteiger partial charge in [-0.2, -0.15) is 5.10 Å². The molecule has 1 aromatic heterocycles. The van der Waals surface area contributed by atoms with Gasteiger partial charge in [0.05, 0.1) is 29.7 Å². The molecule has 1 unspecified atom stereocenters. The van der Waals surface area contributed by atoms with Crippen molar-refractivity contribution in [3.63, 3.8) is 0 Å². The van der Waals surface area contributed by atoms with E-state index in [1.165, 1.54) is 12.1 Å². The zero-order chi connectivity index (χ0) is 24.1. The molecule has 1 aliphatic carbocycles. The van der Waals surface area contributed by atoms with Crippen LogP contribution in [-0.2, 0) is 11.3 Å². The van der Waals surface area contributed by atoms with Gasteiger partial charge in [0, 0.05) is 25.7 Å². The van der Waals surface area contributed by atoms with Gasteiger partial charge in [-0.15, -0.1) is 0 Å². The first-order chi connectivity index (χ1) is 16.4. The van der Waals surface area contributed by atoms with Crippen molar-refractivity contribution in [1.29, 1.82) is 0 Å². The number of aromatic nitrogens is 2. The third kappa shape index (κ3) is 6.44. The average Bonchev–Trinajstić information content (AvgIpc) is 3.62. The van der Waals surface area contributed by atoms with Gasteiger partial charge in [0.25, 0.3) is 0 Å². The summed E-state index contributed by atoms with van der Waals surface area (Å²) in [7, 11) is 0. The van der Waals surface area contributed by atoms with Crippen LogP contribution >= 0.6 is 0 Å². The summed E-state index contributed by atoms with van der Waals surface area (Å²) in [6.45, 7) is 8.24. The van der Waals surface area contributed by atoms with E-state index in [1.807, 2.05) is 37.3 Å². The summed E-state index contributed by atoms with van der Waals surface area (Å²) in [5, 5.41) is 15.4. The molecule has 1 fully saturated rings. The molecule has 0 radical (unpaired) electrons. The molecule has 4 rings (SSSR count). The van der Waals surface area contributed by atoms with Crippen molar-refractivity contribution in [2.24, 2.45) is 5.92 Å². The average molecular weight is 468 g/mol. The summed E-state index contributed by atoms with van der Waals surface area (Å²) in [6, 6.07) is 16.2.